The highest BCUT2D eigenvalue weighted by Gasteiger charge is 2.19. The molecule has 0 radical (unpaired) electrons. The predicted molar refractivity (Wildman–Crippen MR) is 81.6 cm³/mol. The Labute approximate surface area is 125 Å². The van der Waals surface area contributed by atoms with Gasteiger partial charge in [0.25, 0.3) is 0 Å². The summed E-state index contributed by atoms with van der Waals surface area (Å²) in [5.41, 5.74) is 4.45. The molecule has 0 aliphatic heterocycles. The quantitative estimate of drug-likeness (QED) is 0.349. The molecule has 1 rings (SSSR count). The highest BCUT2D eigenvalue weighted by atomic mass is 32.2. The van der Waals surface area contributed by atoms with E-state index in [1.165, 1.54) is 0 Å². The van der Waals surface area contributed by atoms with E-state index in [4.69, 9.17) is 15.3 Å². The lowest BCUT2D eigenvalue weighted by molar-refractivity contribution is 0.0736. The average molecular weight is 317 g/mol. The molecule has 0 unspecified atom stereocenters. The van der Waals surface area contributed by atoms with Gasteiger partial charge in [-0.05, 0) is 37.1 Å². The van der Waals surface area contributed by atoms with Crippen molar-refractivity contribution in [2.75, 3.05) is 38.9 Å². The number of nitrogen functional groups attached to an aromatic ring is 1. The number of nitrogens with one attached hydrogen (secondary N) is 2. The van der Waals surface area contributed by atoms with E-state index in [2.05, 4.69) is 10.1 Å². The molecular formula is C13H23N3O4S. The van der Waals surface area contributed by atoms with E-state index < -0.39 is 10.0 Å². The maximum absolute atomic E-state index is 12.3. The zero-order chi connectivity index (χ0) is 15.9. The monoisotopic (exact) mass is 317 g/mol. The highest BCUT2D eigenvalue weighted by Crippen LogP contribution is 2.23. The fraction of sp³-hybridized carbons (Fsp3) is 0.538. The molecule has 0 spiro atoms. The molecule has 0 saturated heterocycles. The third-order valence-electron chi connectivity index (χ3n) is 2.87. The molecule has 0 saturated carbocycles. The molecule has 0 aromatic heterocycles. The molecule has 0 amide bonds. The smallest absolute Gasteiger partial charge is 0.241 e. The molecule has 0 aliphatic carbocycles. The van der Waals surface area contributed by atoms with Crippen LogP contribution in [0.5, 0.6) is 0 Å². The summed E-state index contributed by atoms with van der Waals surface area (Å²) in [6, 6.07) is 3.38. The van der Waals surface area contributed by atoms with Crippen molar-refractivity contribution in [1.29, 1.82) is 0 Å². The summed E-state index contributed by atoms with van der Waals surface area (Å²) in [6.07, 6.45) is 0. The Bertz CT molecular complexity index is 538. The van der Waals surface area contributed by atoms with Gasteiger partial charge in [-0.3, -0.25) is 5.84 Å². The first-order valence-corrected chi connectivity index (χ1v) is 8.05. The minimum Gasteiger partial charge on any atom is -0.382 e. The molecule has 0 bridgehead atoms. The van der Waals surface area contributed by atoms with Crippen LogP contribution in [-0.4, -0.2) is 41.9 Å². The average Bonchev–Trinajstić information content (AvgIpc) is 2.41. The third-order valence-corrected chi connectivity index (χ3v) is 4.63. The zero-order valence-corrected chi connectivity index (χ0v) is 13.4. The molecule has 7 nitrogen and oxygen atoms in total. The Kier molecular flexibility index (Phi) is 7.06. The second kappa shape index (κ2) is 8.30. The van der Waals surface area contributed by atoms with Gasteiger partial charge in [-0.2, -0.15) is 0 Å². The normalized spacial score (nSPS) is 11.6. The second-order valence-electron chi connectivity index (χ2n) is 4.59. The fourth-order valence-electron chi connectivity index (χ4n) is 2.02. The van der Waals surface area contributed by atoms with Crippen LogP contribution in [0.1, 0.15) is 11.1 Å². The van der Waals surface area contributed by atoms with E-state index in [1.807, 2.05) is 0 Å². The fourth-order valence-corrected chi connectivity index (χ4v) is 3.48. The molecule has 1 aromatic rings. The lowest BCUT2D eigenvalue weighted by Gasteiger charge is -2.14. The standard InChI is InChI=1S/C13H23N3O4S/c1-10-8-12(16-14)9-11(2)13(10)21(17,18)15-4-5-20-7-6-19-3/h8-9,15-16H,4-7,14H2,1-3H3. The third kappa shape index (κ3) is 5.25. The van der Waals surface area contributed by atoms with Gasteiger partial charge in [0.2, 0.25) is 10.0 Å². The lowest BCUT2D eigenvalue weighted by atomic mass is 10.1. The Hall–Kier alpha value is -1.19. The molecular weight excluding hydrogens is 294 g/mol. The van der Waals surface area contributed by atoms with Gasteiger partial charge in [0.1, 0.15) is 0 Å². The maximum atomic E-state index is 12.3. The topological polar surface area (TPSA) is 103 Å². The number of hydrazine groups is 1. The number of aryl methyl sites for hydroxylation is 2. The van der Waals surface area contributed by atoms with Crippen molar-refractivity contribution in [2.45, 2.75) is 18.7 Å². The highest BCUT2D eigenvalue weighted by molar-refractivity contribution is 7.89. The van der Waals surface area contributed by atoms with E-state index in [-0.39, 0.29) is 11.4 Å². The number of ether oxygens (including phenoxy) is 2. The SMILES string of the molecule is COCCOCCNS(=O)(=O)c1c(C)cc(NN)cc1C. The molecule has 0 heterocycles. The minimum atomic E-state index is -3.57. The van der Waals surface area contributed by atoms with Crippen molar-refractivity contribution in [1.82, 2.24) is 4.72 Å². The van der Waals surface area contributed by atoms with Crippen molar-refractivity contribution >= 4 is 15.7 Å². The summed E-state index contributed by atoms with van der Waals surface area (Å²) in [5, 5.41) is 0. The van der Waals surface area contributed by atoms with Crippen molar-refractivity contribution in [3.8, 4) is 0 Å². The first kappa shape index (κ1) is 17.9. The lowest BCUT2D eigenvalue weighted by Crippen LogP contribution is -2.29. The summed E-state index contributed by atoms with van der Waals surface area (Å²) >= 11 is 0. The Morgan fingerprint density at radius 3 is 2.29 bits per heavy atom. The van der Waals surface area contributed by atoms with Gasteiger partial charge >= 0.3 is 0 Å². The van der Waals surface area contributed by atoms with Crippen molar-refractivity contribution in [3.63, 3.8) is 0 Å². The number of hydrogen-bond acceptors (Lipinski definition) is 6. The molecule has 1 aromatic carbocycles. The van der Waals surface area contributed by atoms with Gasteiger partial charge in [0.15, 0.2) is 0 Å². The van der Waals surface area contributed by atoms with Gasteiger partial charge < -0.3 is 14.9 Å². The van der Waals surface area contributed by atoms with Gasteiger partial charge in [-0.1, -0.05) is 0 Å². The minimum absolute atomic E-state index is 0.210. The second-order valence-corrected chi connectivity index (χ2v) is 6.29. The number of anilines is 1. The molecule has 0 aliphatic rings. The predicted octanol–water partition coefficient (Wildman–Crippen LogP) is 0.530. The van der Waals surface area contributed by atoms with Crippen LogP contribution in [0.2, 0.25) is 0 Å². The first-order valence-electron chi connectivity index (χ1n) is 6.56. The summed E-state index contributed by atoms with van der Waals surface area (Å²) < 4.78 is 37.2. The number of hydrogen-bond donors (Lipinski definition) is 3. The largest absolute Gasteiger partial charge is 0.382 e. The molecule has 0 atom stereocenters. The number of benzene rings is 1. The van der Waals surface area contributed by atoms with Crippen LogP contribution in [0.3, 0.4) is 0 Å². The molecule has 120 valence electrons. The van der Waals surface area contributed by atoms with Crippen LogP contribution in [0.25, 0.3) is 0 Å². The summed E-state index contributed by atoms with van der Waals surface area (Å²) in [6.45, 7) is 4.89. The van der Waals surface area contributed by atoms with Crippen LogP contribution in [0.15, 0.2) is 17.0 Å². The van der Waals surface area contributed by atoms with Crippen LogP contribution in [0, 0.1) is 13.8 Å². The van der Waals surface area contributed by atoms with E-state index in [9.17, 15) is 8.42 Å². The van der Waals surface area contributed by atoms with Crippen molar-refractivity contribution < 1.29 is 17.9 Å². The van der Waals surface area contributed by atoms with Crippen LogP contribution in [-0.2, 0) is 19.5 Å². The van der Waals surface area contributed by atoms with Gasteiger partial charge in [-0.25, -0.2) is 13.1 Å². The summed E-state index contributed by atoms with van der Waals surface area (Å²) in [7, 11) is -1.99. The molecule has 4 N–H and O–H groups in total. The van der Waals surface area contributed by atoms with Gasteiger partial charge in [0.05, 0.1) is 24.7 Å². The van der Waals surface area contributed by atoms with Gasteiger partial charge in [0, 0.05) is 19.3 Å². The zero-order valence-electron chi connectivity index (χ0n) is 12.6. The number of methoxy groups -OCH3 is 1. The van der Waals surface area contributed by atoms with Crippen molar-refractivity contribution in [2.24, 2.45) is 5.84 Å². The first-order chi connectivity index (χ1) is 9.92. The molecule has 8 heteroatoms. The van der Waals surface area contributed by atoms with E-state index >= 15 is 0 Å². The summed E-state index contributed by atoms with van der Waals surface area (Å²) in [4.78, 5) is 0.276. The van der Waals surface area contributed by atoms with E-state index in [1.54, 1.807) is 33.1 Å². The Morgan fingerprint density at radius 1 is 1.14 bits per heavy atom. The Balaban J connectivity index is 2.70. The number of rotatable bonds is 9. The Morgan fingerprint density at radius 2 is 1.76 bits per heavy atom. The molecule has 21 heavy (non-hydrogen) atoms. The molecule has 0 fully saturated rings. The van der Waals surface area contributed by atoms with E-state index in [0.717, 1.165) is 0 Å². The number of nitrogens with two attached hydrogens (primary N) is 1. The van der Waals surface area contributed by atoms with Gasteiger partial charge in [-0.15, -0.1) is 0 Å². The van der Waals surface area contributed by atoms with Crippen LogP contribution in [0.4, 0.5) is 5.69 Å². The van der Waals surface area contributed by atoms with E-state index in [0.29, 0.717) is 36.6 Å². The maximum Gasteiger partial charge on any atom is 0.241 e. The van der Waals surface area contributed by atoms with Crippen LogP contribution < -0.4 is 16.0 Å². The van der Waals surface area contributed by atoms with Crippen LogP contribution >= 0.6 is 0 Å². The summed E-state index contributed by atoms with van der Waals surface area (Å²) in [5.74, 6) is 5.34. The number of sulfonamides is 1. The van der Waals surface area contributed by atoms with Crippen molar-refractivity contribution in [3.05, 3.63) is 23.3 Å².